The molecule has 0 bridgehead atoms. The molecular formula is C21H28ClN7O3. The van der Waals surface area contributed by atoms with Crippen molar-refractivity contribution in [3.05, 3.63) is 18.6 Å². The number of aromatic nitrogens is 3. The highest BCUT2D eigenvalue weighted by atomic mass is 35.5. The number of likely N-dealkylation sites (tertiary alicyclic amines) is 1. The van der Waals surface area contributed by atoms with Gasteiger partial charge in [0.05, 0.1) is 17.5 Å². The molecular weight excluding hydrogens is 434 g/mol. The molecule has 11 heteroatoms. The Kier molecular flexibility index (Phi) is 7.21. The Labute approximate surface area is 192 Å². The number of carbonyl (C=O) groups excluding carboxylic acids is 2. The van der Waals surface area contributed by atoms with Crippen molar-refractivity contribution in [2.24, 2.45) is 11.7 Å². The highest BCUT2D eigenvalue weighted by Gasteiger charge is 2.33. The van der Waals surface area contributed by atoms with E-state index in [9.17, 15) is 9.59 Å². The molecule has 10 nitrogen and oxygen atoms in total. The van der Waals surface area contributed by atoms with E-state index in [1.165, 1.54) is 10.9 Å². The maximum Gasteiger partial charge on any atom is 0.419 e. The van der Waals surface area contributed by atoms with Gasteiger partial charge in [0, 0.05) is 32.4 Å². The lowest BCUT2D eigenvalue weighted by Crippen LogP contribution is -2.52. The van der Waals surface area contributed by atoms with Crippen LogP contribution in [-0.4, -0.2) is 69.8 Å². The molecule has 2 fully saturated rings. The summed E-state index contributed by atoms with van der Waals surface area (Å²) in [5.41, 5.74) is 6.25. The zero-order valence-electron chi connectivity index (χ0n) is 18.2. The zero-order chi connectivity index (χ0) is 22.1. The first-order chi connectivity index (χ1) is 14.9. The highest BCUT2D eigenvalue weighted by molar-refractivity contribution is 5.93. The lowest BCUT2D eigenvalue weighted by molar-refractivity contribution is -0.131. The quantitative estimate of drug-likeness (QED) is 0.730. The Balaban J connectivity index is 0.00000289. The van der Waals surface area contributed by atoms with E-state index < -0.39 is 6.09 Å². The molecule has 2 aromatic heterocycles. The molecule has 2 aliphatic rings. The zero-order valence-corrected chi connectivity index (χ0v) is 19.0. The van der Waals surface area contributed by atoms with Crippen LogP contribution in [0.3, 0.4) is 0 Å². The number of amides is 1. The van der Waals surface area contributed by atoms with Gasteiger partial charge >= 0.3 is 6.09 Å². The maximum atomic E-state index is 12.6. The van der Waals surface area contributed by atoms with Crippen LogP contribution in [0.15, 0.2) is 18.6 Å². The molecule has 1 saturated carbocycles. The minimum absolute atomic E-state index is 0. The third-order valence-corrected chi connectivity index (χ3v) is 6.39. The number of rotatable bonds is 4. The predicted octanol–water partition coefficient (Wildman–Crippen LogP) is 1.91. The van der Waals surface area contributed by atoms with Gasteiger partial charge in [0.25, 0.3) is 0 Å². The number of hydrogen-bond donors (Lipinski definition) is 1. The number of anilines is 1. The van der Waals surface area contributed by atoms with Crippen LogP contribution in [-0.2, 0) is 9.53 Å². The molecule has 1 amide bonds. The van der Waals surface area contributed by atoms with Gasteiger partial charge in [0.15, 0.2) is 5.65 Å². The van der Waals surface area contributed by atoms with Crippen molar-refractivity contribution in [2.75, 3.05) is 25.0 Å². The van der Waals surface area contributed by atoms with Crippen LogP contribution >= 0.6 is 12.4 Å². The molecule has 4 rings (SSSR count). The molecule has 0 radical (unpaired) electrons. The molecule has 2 N–H and O–H groups in total. The first kappa shape index (κ1) is 23.8. The number of ether oxygens (including phenoxy) is 1. The van der Waals surface area contributed by atoms with Gasteiger partial charge in [-0.15, -0.1) is 12.4 Å². The van der Waals surface area contributed by atoms with Crippen LogP contribution in [0.25, 0.3) is 11.0 Å². The molecule has 1 aliphatic carbocycles. The standard InChI is InChI=1S/C21H27N7O3.ClH/c1-13-4-7-27(18(29)3-6-22)11-17(13)26(2)19-16-5-8-28(20(16)25-12-24-19)21(30)31-15-9-14(23)10-15;/h5,8,12-15,17H,3-4,7,9-11,23H2,1-2H3;1H/t13-,14?,15?,17+;/m1./s1. The Morgan fingerprint density at radius 1 is 1.38 bits per heavy atom. The molecule has 32 heavy (non-hydrogen) atoms. The van der Waals surface area contributed by atoms with E-state index in [2.05, 4.69) is 16.9 Å². The van der Waals surface area contributed by atoms with Gasteiger partial charge < -0.3 is 20.3 Å². The molecule has 0 unspecified atom stereocenters. The summed E-state index contributed by atoms with van der Waals surface area (Å²) in [5, 5.41) is 9.59. The van der Waals surface area contributed by atoms with Gasteiger partial charge in [0.1, 0.15) is 24.7 Å². The molecule has 172 valence electrons. The highest BCUT2D eigenvalue weighted by Crippen LogP contribution is 2.30. The number of nitrogens with zero attached hydrogens (tertiary/aromatic N) is 6. The van der Waals surface area contributed by atoms with E-state index in [0.717, 1.165) is 11.8 Å². The fraction of sp³-hybridized carbons (Fsp3) is 0.571. The van der Waals surface area contributed by atoms with E-state index in [0.29, 0.717) is 43.3 Å². The minimum atomic E-state index is -0.474. The number of hydrogen-bond acceptors (Lipinski definition) is 8. The van der Waals surface area contributed by atoms with Crippen molar-refractivity contribution in [1.29, 1.82) is 5.26 Å². The van der Waals surface area contributed by atoms with Crippen molar-refractivity contribution < 1.29 is 14.3 Å². The van der Waals surface area contributed by atoms with Crippen LogP contribution in [0, 0.1) is 17.2 Å². The number of carbonyl (C=O) groups is 2. The van der Waals surface area contributed by atoms with Crippen molar-refractivity contribution in [3.63, 3.8) is 0 Å². The fourth-order valence-electron chi connectivity index (χ4n) is 4.38. The number of nitriles is 1. The second kappa shape index (κ2) is 9.71. The summed E-state index contributed by atoms with van der Waals surface area (Å²) in [6.45, 7) is 3.32. The van der Waals surface area contributed by atoms with Gasteiger partial charge in [-0.3, -0.25) is 4.79 Å². The van der Waals surface area contributed by atoms with E-state index in [-0.39, 0.29) is 42.9 Å². The van der Waals surface area contributed by atoms with Crippen LogP contribution in [0.2, 0.25) is 0 Å². The summed E-state index contributed by atoms with van der Waals surface area (Å²) in [6, 6.07) is 3.87. The summed E-state index contributed by atoms with van der Waals surface area (Å²) < 4.78 is 6.90. The van der Waals surface area contributed by atoms with Crippen LogP contribution in [0.5, 0.6) is 0 Å². The summed E-state index contributed by atoms with van der Waals surface area (Å²) >= 11 is 0. The lowest BCUT2D eigenvalue weighted by atomic mass is 9.90. The average Bonchev–Trinajstić information content (AvgIpc) is 3.17. The predicted molar refractivity (Wildman–Crippen MR) is 120 cm³/mol. The largest absolute Gasteiger partial charge is 0.445 e. The Hall–Kier alpha value is -2.90. The Bertz CT molecular complexity index is 1030. The van der Waals surface area contributed by atoms with Crippen LogP contribution in [0.4, 0.5) is 10.6 Å². The number of nitrogens with two attached hydrogens (primary N) is 1. The molecule has 0 aromatic carbocycles. The third kappa shape index (κ3) is 4.49. The number of piperidine rings is 1. The van der Waals surface area contributed by atoms with Gasteiger partial charge in [-0.25, -0.2) is 19.3 Å². The molecule has 3 heterocycles. The van der Waals surface area contributed by atoms with Gasteiger partial charge in [0.2, 0.25) is 5.91 Å². The van der Waals surface area contributed by atoms with Gasteiger partial charge in [-0.05, 0) is 31.2 Å². The van der Waals surface area contributed by atoms with E-state index in [1.54, 1.807) is 17.2 Å². The maximum absolute atomic E-state index is 12.6. The SMILES string of the molecule is C[C@@H]1CCN(C(=O)CC#N)C[C@@H]1N(C)c1ncnc2c1ccn2C(=O)OC1CC(N)C1.Cl. The van der Waals surface area contributed by atoms with Gasteiger partial charge in [-0.1, -0.05) is 6.92 Å². The number of halogens is 1. The molecule has 2 atom stereocenters. The first-order valence-electron chi connectivity index (χ1n) is 10.5. The summed E-state index contributed by atoms with van der Waals surface area (Å²) in [6.07, 6.45) is 4.54. The van der Waals surface area contributed by atoms with E-state index >= 15 is 0 Å². The number of fused-ring (bicyclic) bond motifs is 1. The molecule has 1 aliphatic heterocycles. The topological polar surface area (TPSA) is 130 Å². The van der Waals surface area contributed by atoms with Crippen molar-refractivity contribution in [3.8, 4) is 6.07 Å². The van der Waals surface area contributed by atoms with E-state index in [4.69, 9.17) is 15.7 Å². The van der Waals surface area contributed by atoms with Crippen molar-refractivity contribution in [1.82, 2.24) is 19.4 Å². The van der Waals surface area contributed by atoms with Crippen LogP contribution in [0.1, 0.15) is 32.6 Å². The summed E-state index contributed by atoms with van der Waals surface area (Å²) in [7, 11) is 1.94. The Morgan fingerprint density at radius 3 is 2.81 bits per heavy atom. The fourth-order valence-corrected chi connectivity index (χ4v) is 4.38. The molecule has 0 spiro atoms. The third-order valence-electron chi connectivity index (χ3n) is 6.39. The average molecular weight is 462 g/mol. The molecule has 2 aromatic rings. The first-order valence-corrected chi connectivity index (χ1v) is 10.5. The van der Waals surface area contributed by atoms with Gasteiger partial charge in [-0.2, -0.15) is 5.26 Å². The minimum Gasteiger partial charge on any atom is -0.445 e. The van der Waals surface area contributed by atoms with Crippen LogP contribution < -0.4 is 10.6 Å². The second-order valence-electron chi connectivity index (χ2n) is 8.48. The second-order valence-corrected chi connectivity index (χ2v) is 8.48. The lowest BCUT2D eigenvalue weighted by Gasteiger charge is -2.42. The van der Waals surface area contributed by atoms with E-state index in [1.807, 2.05) is 18.0 Å². The smallest absolute Gasteiger partial charge is 0.419 e. The summed E-state index contributed by atoms with van der Waals surface area (Å²) in [5.74, 6) is 0.870. The van der Waals surface area contributed by atoms with Crippen molar-refractivity contribution >= 4 is 41.3 Å². The summed E-state index contributed by atoms with van der Waals surface area (Å²) in [4.78, 5) is 37.4. The normalized spacial score (nSPS) is 24.8. The molecule has 1 saturated heterocycles. The Morgan fingerprint density at radius 2 is 2.12 bits per heavy atom. The monoisotopic (exact) mass is 461 g/mol. The number of likely N-dealkylation sites (N-methyl/N-ethyl adjacent to an activating group) is 1. The van der Waals surface area contributed by atoms with Crippen molar-refractivity contribution in [2.45, 2.75) is 50.8 Å².